The summed E-state index contributed by atoms with van der Waals surface area (Å²) >= 11 is 1.43. The predicted molar refractivity (Wildman–Crippen MR) is 61.1 cm³/mol. The van der Waals surface area contributed by atoms with Gasteiger partial charge in [0.25, 0.3) is 0 Å². The van der Waals surface area contributed by atoms with Gasteiger partial charge in [0.05, 0.1) is 11.7 Å². The topological polar surface area (TPSA) is 20.2 Å². The quantitative estimate of drug-likeness (QED) is 0.880. The minimum absolute atomic E-state index is 0.188. The molecule has 0 saturated carbocycles. The molecular formula is C12H13F3OS. The van der Waals surface area contributed by atoms with E-state index in [1.807, 2.05) is 0 Å². The molecule has 1 heterocycles. The number of thioether (sulfide) groups is 1. The summed E-state index contributed by atoms with van der Waals surface area (Å²) in [6.07, 6.45) is -3.34. The summed E-state index contributed by atoms with van der Waals surface area (Å²) in [5.41, 5.74) is 0.357. The maximum Gasteiger partial charge on any atom is 0.416 e. The lowest BCUT2D eigenvalue weighted by molar-refractivity contribution is -0.137. The van der Waals surface area contributed by atoms with Crippen LogP contribution in [0.15, 0.2) is 23.1 Å². The van der Waals surface area contributed by atoms with E-state index in [4.69, 9.17) is 0 Å². The van der Waals surface area contributed by atoms with Crippen LogP contribution in [0.1, 0.15) is 24.5 Å². The Morgan fingerprint density at radius 2 is 2.18 bits per heavy atom. The first kappa shape index (κ1) is 12.8. The highest BCUT2D eigenvalue weighted by Crippen LogP contribution is 2.42. The van der Waals surface area contributed by atoms with Gasteiger partial charge in [-0.1, -0.05) is 6.07 Å². The molecule has 17 heavy (non-hydrogen) atoms. The maximum absolute atomic E-state index is 12.5. The summed E-state index contributed by atoms with van der Waals surface area (Å²) in [6, 6.07) is 3.89. The van der Waals surface area contributed by atoms with Gasteiger partial charge in [0, 0.05) is 10.1 Å². The number of rotatable bonds is 2. The molecule has 94 valence electrons. The van der Waals surface area contributed by atoms with E-state index in [-0.39, 0.29) is 5.25 Å². The number of fused-ring (bicyclic) bond motifs is 1. The van der Waals surface area contributed by atoms with E-state index in [1.165, 1.54) is 17.8 Å². The number of hydrogen-bond donors (Lipinski definition) is 1. The summed E-state index contributed by atoms with van der Waals surface area (Å²) in [7, 11) is 0. The Morgan fingerprint density at radius 1 is 1.47 bits per heavy atom. The predicted octanol–water partition coefficient (Wildman–Crippen LogP) is 3.49. The number of aliphatic hydroxyl groups is 1. The Morgan fingerprint density at radius 3 is 2.76 bits per heavy atom. The molecule has 0 radical (unpaired) electrons. The summed E-state index contributed by atoms with van der Waals surface area (Å²) in [5.74, 6) is 0. The Bertz CT molecular complexity index is 415. The first-order chi connectivity index (χ1) is 7.86. The van der Waals surface area contributed by atoms with Crippen LogP contribution in [0.2, 0.25) is 0 Å². The second-order valence-electron chi connectivity index (χ2n) is 4.35. The van der Waals surface area contributed by atoms with Crippen LogP contribution >= 0.6 is 11.8 Å². The van der Waals surface area contributed by atoms with E-state index in [2.05, 4.69) is 0 Å². The highest BCUT2D eigenvalue weighted by Gasteiger charge is 2.33. The molecule has 0 aliphatic carbocycles. The van der Waals surface area contributed by atoms with Gasteiger partial charge in [0.15, 0.2) is 0 Å². The molecule has 0 fully saturated rings. The average molecular weight is 262 g/mol. The minimum atomic E-state index is -4.28. The number of aliphatic hydroxyl groups excluding tert-OH is 1. The summed E-state index contributed by atoms with van der Waals surface area (Å²) in [4.78, 5) is 0.700. The minimum Gasteiger partial charge on any atom is -0.393 e. The third-order valence-electron chi connectivity index (χ3n) is 2.74. The van der Waals surface area contributed by atoms with E-state index in [9.17, 15) is 18.3 Å². The average Bonchev–Trinajstić information content (AvgIpc) is 2.55. The molecule has 2 rings (SSSR count). The van der Waals surface area contributed by atoms with Crippen LogP contribution in [-0.2, 0) is 12.6 Å². The Balaban J connectivity index is 2.17. The molecule has 2 atom stereocenters. The molecule has 0 saturated heterocycles. The Kier molecular flexibility index (Phi) is 3.41. The van der Waals surface area contributed by atoms with Gasteiger partial charge in [0.2, 0.25) is 0 Å². The zero-order valence-electron chi connectivity index (χ0n) is 9.29. The second-order valence-corrected chi connectivity index (χ2v) is 5.69. The summed E-state index contributed by atoms with van der Waals surface area (Å²) < 4.78 is 37.5. The van der Waals surface area contributed by atoms with Gasteiger partial charge in [-0.05, 0) is 37.5 Å². The monoisotopic (exact) mass is 262 g/mol. The molecule has 5 heteroatoms. The molecule has 1 nitrogen and oxygen atoms in total. The van der Waals surface area contributed by atoms with E-state index in [0.717, 1.165) is 18.1 Å². The van der Waals surface area contributed by atoms with Gasteiger partial charge < -0.3 is 5.11 Å². The van der Waals surface area contributed by atoms with Crippen LogP contribution in [0.25, 0.3) is 0 Å². The smallest absolute Gasteiger partial charge is 0.393 e. The third-order valence-corrected chi connectivity index (χ3v) is 4.07. The standard InChI is InChI=1S/C12H13F3OS/c1-7(16)4-10-5-8-2-3-9(12(13,14)15)6-11(8)17-10/h2-3,6-7,10,16H,4-5H2,1H3. The molecule has 1 aromatic rings. The van der Waals surface area contributed by atoms with Crippen molar-refractivity contribution in [1.29, 1.82) is 0 Å². The van der Waals surface area contributed by atoms with Crippen molar-refractivity contribution in [2.24, 2.45) is 0 Å². The van der Waals surface area contributed by atoms with E-state index in [0.29, 0.717) is 11.3 Å². The molecule has 0 spiro atoms. The number of benzene rings is 1. The van der Waals surface area contributed by atoms with Crippen LogP contribution in [0.3, 0.4) is 0 Å². The number of halogens is 3. The summed E-state index contributed by atoms with van der Waals surface area (Å²) in [5, 5.41) is 9.47. The molecule has 1 aliphatic heterocycles. The van der Waals surface area contributed by atoms with Crippen molar-refractivity contribution in [3.63, 3.8) is 0 Å². The van der Waals surface area contributed by atoms with Crippen molar-refractivity contribution in [3.8, 4) is 0 Å². The maximum atomic E-state index is 12.5. The Hall–Kier alpha value is -0.680. The summed E-state index contributed by atoms with van der Waals surface area (Å²) in [6.45, 7) is 1.70. The molecule has 1 aliphatic rings. The van der Waals surface area contributed by atoms with E-state index >= 15 is 0 Å². The SMILES string of the molecule is CC(O)CC1Cc2ccc(C(F)(F)F)cc2S1. The van der Waals surface area contributed by atoms with Crippen LogP contribution < -0.4 is 0 Å². The van der Waals surface area contributed by atoms with Crippen molar-refractivity contribution in [1.82, 2.24) is 0 Å². The van der Waals surface area contributed by atoms with Crippen molar-refractivity contribution >= 4 is 11.8 Å². The number of alkyl halides is 3. The van der Waals surface area contributed by atoms with E-state index < -0.39 is 17.8 Å². The van der Waals surface area contributed by atoms with Gasteiger partial charge in [-0.2, -0.15) is 13.2 Å². The van der Waals surface area contributed by atoms with Crippen molar-refractivity contribution in [2.75, 3.05) is 0 Å². The normalized spacial score (nSPS) is 21.4. The van der Waals surface area contributed by atoms with Gasteiger partial charge >= 0.3 is 6.18 Å². The molecule has 0 amide bonds. The highest BCUT2D eigenvalue weighted by atomic mass is 32.2. The van der Waals surface area contributed by atoms with E-state index in [1.54, 1.807) is 13.0 Å². The zero-order chi connectivity index (χ0) is 12.6. The fraction of sp³-hybridized carbons (Fsp3) is 0.500. The number of hydrogen-bond acceptors (Lipinski definition) is 2. The third kappa shape index (κ3) is 2.96. The van der Waals surface area contributed by atoms with Crippen LogP contribution in [0.4, 0.5) is 13.2 Å². The molecule has 0 aromatic heterocycles. The van der Waals surface area contributed by atoms with Crippen LogP contribution in [-0.4, -0.2) is 16.5 Å². The second kappa shape index (κ2) is 4.53. The largest absolute Gasteiger partial charge is 0.416 e. The lowest BCUT2D eigenvalue weighted by atomic mass is 10.0. The van der Waals surface area contributed by atoms with Crippen molar-refractivity contribution in [2.45, 2.75) is 42.2 Å². The van der Waals surface area contributed by atoms with Crippen LogP contribution in [0, 0.1) is 0 Å². The fourth-order valence-corrected chi connectivity index (χ4v) is 3.48. The zero-order valence-corrected chi connectivity index (χ0v) is 10.1. The first-order valence-electron chi connectivity index (χ1n) is 5.41. The van der Waals surface area contributed by atoms with Crippen molar-refractivity contribution < 1.29 is 18.3 Å². The first-order valence-corrected chi connectivity index (χ1v) is 6.29. The molecule has 2 unspecified atom stereocenters. The van der Waals surface area contributed by atoms with Crippen LogP contribution in [0.5, 0.6) is 0 Å². The lowest BCUT2D eigenvalue weighted by Gasteiger charge is -2.09. The van der Waals surface area contributed by atoms with Gasteiger partial charge in [-0.15, -0.1) is 11.8 Å². The van der Waals surface area contributed by atoms with Gasteiger partial charge in [-0.25, -0.2) is 0 Å². The van der Waals surface area contributed by atoms with Gasteiger partial charge in [-0.3, -0.25) is 0 Å². The van der Waals surface area contributed by atoms with Crippen molar-refractivity contribution in [3.05, 3.63) is 29.3 Å². The lowest BCUT2D eigenvalue weighted by Crippen LogP contribution is -2.10. The molecular weight excluding hydrogens is 249 g/mol. The van der Waals surface area contributed by atoms with Gasteiger partial charge in [0.1, 0.15) is 0 Å². The molecule has 0 bridgehead atoms. The molecule has 1 aromatic carbocycles. The highest BCUT2D eigenvalue weighted by molar-refractivity contribution is 8.00. The fourth-order valence-electron chi connectivity index (χ4n) is 1.99. The Labute approximate surface area is 102 Å². The molecule has 1 N–H and O–H groups in total.